The molecule has 0 amide bonds. The van der Waals surface area contributed by atoms with Crippen LogP contribution >= 0.6 is 23.2 Å². The summed E-state index contributed by atoms with van der Waals surface area (Å²) in [5, 5.41) is 9.92. The van der Waals surface area contributed by atoms with E-state index in [9.17, 15) is 8.78 Å². The molecule has 8 heteroatoms. The highest BCUT2D eigenvalue weighted by molar-refractivity contribution is 6.40. The van der Waals surface area contributed by atoms with Crippen molar-refractivity contribution in [3.05, 3.63) is 32.8 Å². The molecule has 0 unspecified atom stereocenters. The van der Waals surface area contributed by atoms with Crippen LogP contribution in [0.4, 0.5) is 8.78 Å². The summed E-state index contributed by atoms with van der Waals surface area (Å²) in [4.78, 5) is 0. The van der Waals surface area contributed by atoms with Gasteiger partial charge in [0.15, 0.2) is 5.84 Å². The number of nitrogens with two attached hydrogens (primary N) is 2. The zero-order valence-electron chi connectivity index (χ0n) is 7.77. The summed E-state index contributed by atoms with van der Waals surface area (Å²) < 4.78 is 27.0. The maximum atomic E-state index is 13.5. The summed E-state index contributed by atoms with van der Waals surface area (Å²) in [6, 6.07) is 0. The number of hydrogen-bond acceptors (Lipinski definition) is 3. The SMILES string of the molecule is NCc1c(F)c(Cl)c(C(N)=NO)c(Cl)c1F. The van der Waals surface area contributed by atoms with Crippen molar-refractivity contribution in [1.82, 2.24) is 0 Å². The monoisotopic (exact) mass is 269 g/mol. The quantitative estimate of drug-likeness (QED) is 0.252. The molecule has 0 radical (unpaired) electrons. The number of halogens is 4. The van der Waals surface area contributed by atoms with E-state index in [-0.39, 0.29) is 0 Å². The van der Waals surface area contributed by atoms with Crippen molar-refractivity contribution in [1.29, 1.82) is 0 Å². The molecule has 0 atom stereocenters. The van der Waals surface area contributed by atoms with E-state index in [4.69, 9.17) is 39.9 Å². The van der Waals surface area contributed by atoms with Crippen LogP contribution in [0.5, 0.6) is 0 Å². The summed E-state index contributed by atoms with van der Waals surface area (Å²) in [7, 11) is 0. The van der Waals surface area contributed by atoms with Crippen molar-refractivity contribution in [3.8, 4) is 0 Å². The molecule has 1 aromatic carbocycles. The number of amidine groups is 1. The number of hydrogen-bond donors (Lipinski definition) is 3. The normalized spacial score (nSPS) is 11.9. The number of nitrogens with zero attached hydrogens (tertiary/aromatic N) is 1. The highest BCUT2D eigenvalue weighted by Crippen LogP contribution is 2.33. The lowest BCUT2D eigenvalue weighted by Gasteiger charge is -2.11. The van der Waals surface area contributed by atoms with Gasteiger partial charge in [-0.25, -0.2) is 8.78 Å². The maximum absolute atomic E-state index is 13.5. The number of benzene rings is 1. The molecule has 0 bridgehead atoms. The minimum absolute atomic E-state index is 0.405. The topological polar surface area (TPSA) is 84.6 Å². The van der Waals surface area contributed by atoms with Gasteiger partial charge in [-0.3, -0.25) is 0 Å². The van der Waals surface area contributed by atoms with Gasteiger partial charge in [0.05, 0.1) is 15.6 Å². The number of oxime groups is 1. The Morgan fingerprint density at radius 3 is 2.00 bits per heavy atom. The Kier molecular flexibility index (Phi) is 3.90. The average molecular weight is 270 g/mol. The zero-order chi connectivity index (χ0) is 12.5. The second-order valence-corrected chi connectivity index (χ2v) is 3.55. The highest BCUT2D eigenvalue weighted by atomic mass is 35.5. The zero-order valence-corrected chi connectivity index (χ0v) is 9.28. The molecule has 88 valence electrons. The highest BCUT2D eigenvalue weighted by Gasteiger charge is 2.24. The third-order valence-corrected chi connectivity index (χ3v) is 2.63. The van der Waals surface area contributed by atoms with Crippen molar-refractivity contribution >= 4 is 29.0 Å². The van der Waals surface area contributed by atoms with Crippen LogP contribution in [0, 0.1) is 11.6 Å². The Bertz CT molecular complexity index is 436. The van der Waals surface area contributed by atoms with E-state index < -0.39 is 45.2 Å². The van der Waals surface area contributed by atoms with Crippen LogP contribution in [0.25, 0.3) is 0 Å². The first-order valence-corrected chi connectivity index (χ1v) is 4.74. The fourth-order valence-electron chi connectivity index (χ4n) is 1.13. The molecular formula is C8H7Cl2F2N3O. The van der Waals surface area contributed by atoms with Gasteiger partial charge in [0.2, 0.25) is 0 Å². The van der Waals surface area contributed by atoms with E-state index in [0.717, 1.165) is 0 Å². The molecule has 0 fully saturated rings. The van der Waals surface area contributed by atoms with Gasteiger partial charge < -0.3 is 16.7 Å². The van der Waals surface area contributed by atoms with Gasteiger partial charge in [0, 0.05) is 12.1 Å². The molecule has 16 heavy (non-hydrogen) atoms. The molecule has 0 aliphatic heterocycles. The van der Waals surface area contributed by atoms with Crippen LogP contribution in [-0.2, 0) is 6.54 Å². The Balaban J connectivity index is 3.67. The Morgan fingerprint density at radius 1 is 1.25 bits per heavy atom. The Morgan fingerprint density at radius 2 is 1.69 bits per heavy atom. The molecule has 0 aliphatic rings. The molecule has 0 spiro atoms. The second kappa shape index (κ2) is 4.82. The van der Waals surface area contributed by atoms with Crippen molar-refractivity contribution in [2.75, 3.05) is 0 Å². The molecule has 5 N–H and O–H groups in total. The third kappa shape index (κ3) is 1.91. The second-order valence-electron chi connectivity index (χ2n) is 2.80. The van der Waals surface area contributed by atoms with E-state index in [1.54, 1.807) is 0 Å². The minimum atomic E-state index is -1.08. The fourth-order valence-corrected chi connectivity index (χ4v) is 1.79. The van der Waals surface area contributed by atoms with Crippen molar-refractivity contribution < 1.29 is 14.0 Å². The predicted octanol–water partition coefficient (Wildman–Crippen LogP) is 1.82. The van der Waals surface area contributed by atoms with E-state index in [0.29, 0.717) is 0 Å². The van der Waals surface area contributed by atoms with Gasteiger partial charge >= 0.3 is 0 Å². The molecule has 0 aromatic heterocycles. The van der Waals surface area contributed by atoms with E-state index in [1.807, 2.05) is 0 Å². The molecule has 0 saturated carbocycles. The lowest BCUT2D eigenvalue weighted by molar-refractivity contribution is 0.318. The summed E-state index contributed by atoms with van der Waals surface area (Å²) in [6.07, 6.45) is 0. The molecular weight excluding hydrogens is 263 g/mol. The van der Waals surface area contributed by atoms with Crippen LogP contribution < -0.4 is 11.5 Å². The molecule has 0 saturated heterocycles. The lowest BCUT2D eigenvalue weighted by Crippen LogP contribution is -2.17. The van der Waals surface area contributed by atoms with Gasteiger partial charge in [-0.2, -0.15) is 0 Å². The van der Waals surface area contributed by atoms with Gasteiger partial charge in [-0.05, 0) is 0 Å². The van der Waals surface area contributed by atoms with Gasteiger partial charge in [-0.15, -0.1) is 0 Å². The van der Waals surface area contributed by atoms with Crippen LogP contribution in [-0.4, -0.2) is 11.0 Å². The largest absolute Gasteiger partial charge is 0.409 e. The third-order valence-electron chi connectivity index (χ3n) is 1.92. The molecule has 0 heterocycles. The van der Waals surface area contributed by atoms with Crippen LogP contribution in [0.2, 0.25) is 10.0 Å². The van der Waals surface area contributed by atoms with Crippen molar-refractivity contribution in [3.63, 3.8) is 0 Å². The Hall–Kier alpha value is -1.11. The standard InChI is InChI=1S/C8H7Cl2F2N3O/c9-4-3(8(14)15-16)5(10)7(12)2(1-13)6(4)11/h16H,1,13H2,(H2,14,15). The first kappa shape index (κ1) is 13.0. The minimum Gasteiger partial charge on any atom is -0.409 e. The van der Waals surface area contributed by atoms with Crippen LogP contribution in [0.15, 0.2) is 5.16 Å². The number of rotatable bonds is 2. The van der Waals surface area contributed by atoms with Crippen molar-refractivity contribution in [2.45, 2.75) is 6.54 Å². The summed E-state index contributed by atoms with van der Waals surface area (Å²) in [5.41, 5.74) is 9.47. The average Bonchev–Trinajstić information content (AvgIpc) is 2.27. The molecule has 0 aliphatic carbocycles. The summed E-state index contributed by atoms with van der Waals surface area (Å²) in [5.74, 6) is -2.74. The fraction of sp³-hybridized carbons (Fsp3) is 0.125. The smallest absolute Gasteiger partial charge is 0.173 e. The first-order valence-electron chi connectivity index (χ1n) is 3.98. The van der Waals surface area contributed by atoms with Crippen molar-refractivity contribution in [2.24, 2.45) is 16.6 Å². The Labute approximate surface area is 99.4 Å². The van der Waals surface area contributed by atoms with E-state index in [1.165, 1.54) is 0 Å². The molecule has 4 nitrogen and oxygen atoms in total. The van der Waals surface area contributed by atoms with E-state index >= 15 is 0 Å². The predicted molar refractivity (Wildman–Crippen MR) is 56.8 cm³/mol. The van der Waals surface area contributed by atoms with Gasteiger partial charge in [-0.1, -0.05) is 28.4 Å². The summed E-state index contributed by atoms with van der Waals surface area (Å²) in [6.45, 7) is -0.409. The van der Waals surface area contributed by atoms with Crippen LogP contribution in [0.1, 0.15) is 11.1 Å². The lowest BCUT2D eigenvalue weighted by atomic mass is 10.1. The van der Waals surface area contributed by atoms with Gasteiger partial charge in [0.25, 0.3) is 0 Å². The van der Waals surface area contributed by atoms with Crippen LogP contribution in [0.3, 0.4) is 0 Å². The van der Waals surface area contributed by atoms with Gasteiger partial charge in [0.1, 0.15) is 11.6 Å². The van der Waals surface area contributed by atoms with E-state index in [2.05, 4.69) is 5.16 Å². The molecule has 1 rings (SSSR count). The maximum Gasteiger partial charge on any atom is 0.173 e. The molecule has 1 aromatic rings. The first-order chi connectivity index (χ1) is 7.45. The summed E-state index contributed by atoms with van der Waals surface area (Å²) >= 11 is 11.1.